The Kier molecular flexibility index (Phi) is 5.15. The number of ether oxygens (including phenoxy) is 1. The first-order valence-electron chi connectivity index (χ1n) is 6.96. The van der Waals surface area contributed by atoms with Crippen LogP contribution in [0.2, 0.25) is 0 Å². The Hall–Kier alpha value is -0.450. The van der Waals surface area contributed by atoms with Gasteiger partial charge >= 0.3 is 0 Å². The maximum atomic E-state index is 5.33. The largest absolute Gasteiger partial charge is 0.381 e. The Labute approximate surface area is 114 Å². The minimum Gasteiger partial charge on any atom is -0.381 e. The van der Waals surface area contributed by atoms with E-state index in [-0.39, 0.29) is 6.10 Å². The summed E-state index contributed by atoms with van der Waals surface area (Å²) in [5.74, 6) is 0.622. The molecule has 2 atom stereocenters. The molecule has 18 heavy (non-hydrogen) atoms. The van der Waals surface area contributed by atoms with Gasteiger partial charge in [-0.2, -0.15) is 0 Å². The molecular weight excluding hydrogens is 244 g/mol. The van der Waals surface area contributed by atoms with E-state index in [1.165, 1.54) is 34.8 Å². The smallest absolute Gasteiger partial charge is 0.0956 e. The van der Waals surface area contributed by atoms with Gasteiger partial charge in [0, 0.05) is 30.9 Å². The van der Waals surface area contributed by atoms with Gasteiger partial charge in [0.2, 0.25) is 0 Å². The van der Waals surface area contributed by atoms with Crippen LogP contribution in [0.3, 0.4) is 0 Å². The highest BCUT2D eigenvalue weighted by Crippen LogP contribution is 2.34. The van der Waals surface area contributed by atoms with Gasteiger partial charge in [-0.3, -0.25) is 0 Å². The first kappa shape index (κ1) is 14.0. The molecule has 0 amide bonds. The lowest BCUT2D eigenvalue weighted by molar-refractivity contribution is 0.118. The monoisotopic (exact) mass is 268 g/mol. The molecule has 0 radical (unpaired) electrons. The average Bonchev–Trinajstić information content (AvgIpc) is 2.78. The molecule has 1 aromatic heterocycles. The lowest BCUT2D eigenvalue weighted by atomic mass is 9.91. The summed E-state index contributed by atoms with van der Waals surface area (Å²) in [5, 5.41) is 4.71. The maximum Gasteiger partial charge on any atom is 0.0956 e. The van der Waals surface area contributed by atoms with Crippen LogP contribution in [0.1, 0.15) is 48.2 Å². The van der Waals surface area contributed by atoms with E-state index in [2.05, 4.69) is 19.2 Å². The highest BCUT2D eigenvalue weighted by Gasteiger charge is 2.24. The summed E-state index contributed by atoms with van der Waals surface area (Å²) in [6.45, 7) is 6.39. The summed E-state index contributed by atoms with van der Waals surface area (Å²) >= 11 is 1.90. The molecule has 0 aromatic carbocycles. The molecule has 0 bridgehead atoms. The number of thiazole rings is 1. The molecule has 4 heteroatoms. The van der Waals surface area contributed by atoms with Gasteiger partial charge in [0.1, 0.15) is 0 Å². The molecule has 0 saturated carbocycles. The van der Waals surface area contributed by atoms with Crippen LogP contribution in [0.15, 0.2) is 0 Å². The average molecular weight is 268 g/mol. The topological polar surface area (TPSA) is 34.1 Å². The van der Waals surface area contributed by atoms with E-state index < -0.39 is 0 Å². The maximum absolute atomic E-state index is 5.33. The molecule has 0 aliphatic heterocycles. The fourth-order valence-corrected chi connectivity index (χ4v) is 3.80. The molecule has 1 heterocycles. The number of fused-ring (bicyclic) bond motifs is 1. The molecule has 102 valence electrons. The second kappa shape index (κ2) is 6.64. The summed E-state index contributed by atoms with van der Waals surface area (Å²) in [7, 11) is 1.77. The standard InChI is InChI=1S/C14H24N2OS/c1-4-15-9-11-6-5-7-12-14(11)16-13(18-12)8-10(2)17-3/h10-11,15H,4-9H2,1-3H3. The first-order valence-corrected chi connectivity index (χ1v) is 7.78. The zero-order chi connectivity index (χ0) is 13.0. The molecular formula is C14H24N2OS. The van der Waals surface area contributed by atoms with E-state index in [1.807, 2.05) is 11.3 Å². The van der Waals surface area contributed by atoms with Crippen LogP contribution in [-0.2, 0) is 17.6 Å². The van der Waals surface area contributed by atoms with E-state index in [1.54, 1.807) is 7.11 Å². The minimum absolute atomic E-state index is 0.268. The van der Waals surface area contributed by atoms with Crippen LogP contribution in [0.25, 0.3) is 0 Å². The molecule has 2 unspecified atom stereocenters. The fourth-order valence-electron chi connectivity index (χ4n) is 2.49. The predicted octanol–water partition coefficient (Wildman–Crippen LogP) is 2.75. The zero-order valence-electron chi connectivity index (χ0n) is 11.7. The van der Waals surface area contributed by atoms with E-state index in [9.17, 15) is 0 Å². The fraction of sp³-hybridized carbons (Fsp3) is 0.786. The Morgan fingerprint density at radius 2 is 2.39 bits per heavy atom. The van der Waals surface area contributed by atoms with Crippen LogP contribution in [0.4, 0.5) is 0 Å². The molecule has 1 aliphatic rings. The molecule has 1 aromatic rings. The van der Waals surface area contributed by atoms with Crippen LogP contribution in [0.5, 0.6) is 0 Å². The van der Waals surface area contributed by atoms with Crippen molar-refractivity contribution < 1.29 is 4.74 Å². The number of hydrogen-bond acceptors (Lipinski definition) is 4. The molecule has 1 aliphatic carbocycles. The van der Waals surface area contributed by atoms with Crippen molar-refractivity contribution in [1.29, 1.82) is 0 Å². The van der Waals surface area contributed by atoms with Gasteiger partial charge in [0.05, 0.1) is 16.8 Å². The quantitative estimate of drug-likeness (QED) is 0.861. The number of nitrogens with zero attached hydrogens (tertiary/aromatic N) is 1. The predicted molar refractivity (Wildman–Crippen MR) is 76.5 cm³/mol. The van der Waals surface area contributed by atoms with Gasteiger partial charge in [-0.15, -0.1) is 11.3 Å². The normalized spacial score (nSPS) is 20.7. The van der Waals surface area contributed by atoms with Crippen LogP contribution < -0.4 is 5.32 Å². The summed E-state index contributed by atoms with van der Waals surface area (Å²) in [6, 6.07) is 0. The Balaban J connectivity index is 2.07. The summed E-state index contributed by atoms with van der Waals surface area (Å²) in [4.78, 5) is 6.39. The van der Waals surface area contributed by atoms with Gasteiger partial charge in [0.25, 0.3) is 0 Å². The zero-order valence-corrected chi connectivity index (χ0v) is 12.5. The van der Waals surface area contributed by atoms with Crippen LogP contribution >= 0.6 is 11.3 Å². The van der Waals surface area contributed by atoms with Crippen molar-refractivity contribution in [2.24, 2.45) is 0 Å². The lowest BCUT2D eigenvalue weighted by Crippen LogP contribution is -2.24. The van der Waals surface area contributed by atoms with Crippen molar-refractivity contribution in [2.45, 2.75) is 51.6 Å². The van der Waals surface area contributed by atoms with Crippen LogP contribution in [0, 0.1) is 0 Å². The van der Waals surface area contributed by atoms with Crippen LogP contribution in [-0.4, -0.2) is 31.3 Å². The van der Waals surface area contributed by atoms with Crippen molar-refractivity contribution in [3.8, 4) is 0 Å². The number of nitrogens with one attached hydrogen (secondary N) is 1. The third kappa shape index (κ3) is 3.31. The lowest BCUT2D eigenvalue weighted by Gasteiger charge is -2.21. The van der Waals surface area contributed by atoms with E-state index >= 15 is 0 Å². The van der Waals surface area contributed by atoms with Gasteiger partial charge in [-0.25, -0.2) is 4.98 Å². The summed E-state index contributed by atoms with van der Waals surface area (Å²) in [5.41, 5.74) is 1.37. The van der Waals surface area contributed by atoms with Gasteiger partial charge < -0.3 is 10.1 Å². The van der Waals surface area contributed by atoms with E-state index in [4.69, 9.17) is 9.72 Å². The van der Waals surface area contributed by atoms with Gasteiger partial charge in [0.15, 0.2) is 0 Å². The third-order valence-corrected chi connectivity index (χ3v) is 4.77. The number of likely N-dealkylation sites (N-methyl/N-ethyl adjacent to an activating group) is 1. The summed E-state index contributed by atoms with van der Waals surface area (Å²) < 4.78 is 5.33. The molecule has 0 fully saturated rings. The molecule has 2 rings (SSSR count). The van der Waals surface area contributed by atoms with Gasteiger partial charge in [-0.1, -0.05) is 6.92 Å². The second-order valence-corrected chi connectivity index (χ2v) is 6.23. The van der Waals surface area contributed by atoms with Crippen molar-refractivity contribution in [3.63, 3.8) is 0 Å². The number of methoxy groups -OCH3 is 1. The second-order valence-electron chi connectivity index (χ2n) is 5.06. The Morgan fingerprint density at radius 1 is 1.56 bits per heavy atom. The Bertz CT molecular complexity index is 378. The molecule has 0 spiro atoms. The highest BCUT2D eigenvalue weighted by atomic mass is 32.1. The number of hydrogen-bond donors (Lipinski definition) is 1. The minimum atomic E-state index is 0.268. The van der Waals surface area contributed by atoms with E-state index in [0.717, 1.165) is 19.5 Å². The molecule has 3 nitrogen and oxygen atoms in total. The van der Waals surface area contributed by atoms with Crippen molar-refractivity contribution >= 4 is 11.3 Å². The third-order valence-electron chi connectivity index (χ3n) is 3.62. The number of rotatable bonds is 6. The van der Waals surface area contributed by atoms with Crippen molar-refractivity contribution in [3.05, 3.63) is 15.6 Å². The van der Waals surface area contributed by atoms with Gasteiger partial charge in [-0.05, 0) is 32.7 Å². The number of aryl methyl sites for hydroxylation is 1. The summed E-state index contributed by atoms with van der Waals surface area (Å²) in [6.07, 6.45) is 5.02. The van der Waals surface area contributed by atoms with Crippen molar-refractivity contribution in [1.82, 2.24) is 10.3 Å². The molecule has 0 saturated heterocycles. The number of aromatic nitrogens is 1. The molecule has 1 N–H and O–H groups in total. The first-order chi connectivity index (χ1) is 8.74. The Morgan fingerprint density at radius 3 is 3.11 bits per heavy atom. The SMILES string of the molecule is CCNCC1CCCc2sc(CC(C)OC)nc21. The van der Waals surface area contributed by atoms with Crippen molar-refractivity contribution in [2.75, 3.05) is 20.2 Å². The van der Waals surface area contributed by atoms with E-state index in [0.29, 0.717) is 5.92 Å². The highest BCUT2D eigenvalue weighted by molar-refractivity contribution is 7.11.